The van der Waals surface area contributed by atoms with Crippen LogP contribution < -0.4 is 40.9 Å². The first-order chi connectivity index (χ1) is 5.83. The molecule has 0 saturated heterocycles. The molecule has 0 aromatic heterocycles. The second-order valence-electron chi connectivity index (χ2n) is 3.44. The molecule has 0 aliphatic heterocycles. The van der Waals surface area contributed by atoms with E-state index in [1.54, 1.807) is 3.69 Å². The summed E-state index contributed by atoms with van der Waals surface area (Å²) in [6, 6.07) is 9.07. The van der Waals surface area contributed by atoms with Gasteiger partial charge < -0.3 is 37.2 Å². The van der Waals surface area contributed by atoms with E-state index in [2.05, 4.69) is 38.1 Å². The van der Waals surface area contributed by atoms with E-state index in [1.165, 1.54) is 23.0 Å². The number of unbranched alkanes of at least 4 members (excludes halogenated alkanes) is 1. The molecule has 0 bridgehead atoms. The summed E-state index contributed by atoms with van der Waals surface area (Å²) >= 11 is 0.0616. The minimum Gasteiger partial charge on any atom is -1.00 e. The first-order valence-electron chi connectivity index (χ1n) is 4.88. The zero-order valence-corrected chi connectivity index (χ0v) is 14.7. The van der Waals surface area contributed by atoms with E-state index in [-0.39, 0.29) is 74.9 Å². The zero-order valence-electron chi connectivity index (χ0n) is 9.85. The first-order valence-corrected chi connectivity index (χ1v) is 6.59. The Morgan fingerprint density at radius 2 is 1.50 bits per heavy atom. The standard InChI is InChI=1S/C7H7.C4H9.Al.3ClH.Mg/c1-7-5-3-2-4-6-7;1-3-4-2;;;;;/h3-6H,1H3;1,3-4H2,2H3;;3*1H;/q;;+3;;;;/p-3. The van der Waals surface area contributed by atoms with E-state index < -0.39 is 0 Å². The van der Waals surface area contributed by atoms with E-state index in [9.17, 15) is 0 Å². The monoisotopic (exact) mass is 304 g/mol. The van der Waals surface area contributed by atoms with E-state index in [1.807, 2.05) is 0 Å². The van der Waals surface area contributed by atoms with Crippen LogP contribution in [0.2, 0.25) is 4.55 Å². The fourth-order valence-electron chi connectivity index (χ4n) is 1.33. The smallest absolute Gasteiger partial charge is 1.00 e. The summed E-state index contributed by atoms with van der Waals surface area (Å²) in [7, 11) is 0. The van der Waals surface area contributed by atoms with Crippen LogP contribution in [-0.2, 0) is 0 Å². The molecule has 0 spiro atoms. The summed E-state index contributed by atoms with van der Waals surface area (Å²) in [4.78, 5) is 0. The van der Waals surface area contributed by atoms with Crippen LogP contribution in [-0.4, -0.2) is 37.7 Å². The van der Waals surface area contributed by atoms with Crippen molar-refractivity contribution in [2.75, 3.05) is 0 Å². The third-order valence-electron chi connectivity index (χ3n) is 2.19. The molecule has 0 saturated carbocycles. The fourth-order valence-corrected chi connectivity index (χ4v) is 3.06. The van der Waals surface area contributed by atoms with Gasteiger partial charge in [0, 0.05) is 0 Å². The Hall–Kier alpha value is 1.39. The minimum atomic E-state index is 0. The summed E-state index contributed by atoms with van der Waals surface area (Å²) < 4.78 is 3.09. The molecule has 0 amide bonds. The Balaban J connectivity index is -0.000000180. The Morgan fingerprint density at radius 1 is 1.00 bits per heavy atom. The van der Waals surface area contributed by atoms with Gasteiger partial charge in [0.1, 0.15) is 0 Å². The summed E-state index contributed by atoms with van der Waals surface area (Å²) in [6.45, 7) is 4.42. The van der Waals surface area contributed by atoms with Crippen molar-refractivity contribution in [2.45, 2.75) is 31.2 Å². The quantitative estimate of drug-likeness (QED) is 0.383. The van der Waals surface area contributed by atoms with Crippen LogP contribution in [0.15, 0.2) is 24.3 Å². The van der Waals surface area contributed by atoms with E-state index in [0.29, 0.717) is 0 Å². The maximum absolute atomic E-state index is 2.30. The van der Waals surface area contributed by atoms with Crippen LogP contribution in [0.3, 0.4) is 0 Å². The van der Waals surface area contributed by atoms with Crippen molar-refractivity contribution in [3.05, 3.63) is 29.8 Å². The Labute approximate surface area is 138 Å². The van der Waals surface area contributed by atoms with Crippen LogP contribution in [0.5, 0.6) is 0 Å². The molecule has 86 valence electrons. The third-order valence-corrected chi connectivity index (χ3v) is 4.09. The van der Waals surface area contributed by atoms with E-state index in [4.69, 9.17) is 0 Å². The molecule has 0 atom stereocenters. The third kappa shape index (κ3) is 11.9. The van der Waals surface area contributed by atoms with Gasteiger partial charge in [0.25, 0.3) is 0 Å². The molecule has 1 aromatic carbocycles. The van der Waals surface area contributed by atoms with Crippen molar-refractivity contribution >= 4 is 41.4 Å². The maximum atomic E-state index is 2.30. The van der Waals surface area contributed by atoms with E-state index in [0.717, 1.165) is 0 Å². The van der Waals surface area contributed by atoms with Crippen molar-refractivity contribution in [2.24, 2.45) is 0 Å². The number of hydrogen-bond donors (Lipinski definition) is 0. The van der Waals surface area contributed by atoms with Crippen molar-refractivity contribution in [1.29, 1.82) is 0 Å². The summed E-state index contributed by atoms with van der Waals surface area (Å²) in [5, 5.41) is 0. The average molecular weight is 306 g/mol. The molecule has 5 heteroatoms. The predicted octanol–water partition coefficient (Wildman–Crippen LogP) is -6.83. The molecule has 0 N–H and O–H groups in total. The van der Waals surface area contributed by atoms with Gasteiger partial charge in [-0.3, -0.25) is 0 Å². The predicted molar refractivity (Wildman–Crippen MR) is 62.0 cm³/mol. The molecular weight excluding hydrogens is 290 g/mol. The van der Waals surface area contributed by atoms with Crippen LogP contribution >= 0.6 is 0 Å². The Kier molecular flexibility index (Phi) is 26.7. The second-order valence-corrected chi connectivity index (χ2v) is 5.47. The molecule has 0 unspecified atom stereocenters. The van der Waals surface area contributed by atoms with Crippen LogP contribution in [0.4, 0.5) is 0 Å². The number of hydrogen-bond acceptors (Lipinski definition) is 0. The van der Waals surface area contributed by atoms with Crippen molar-refractivity contribution < 1.29 is 37.2 Å². The summed E-state index contributed by atoms with van der Waals surface area (Å²) in [5.74, 6) is 0. The average Bonchev–Trinajstić information content (AvgIpc) is 2.09. The Bertz CT molecular complexity index is 229. The summed E-state index contributed by atoms with van der Waals surface area (Å²) in [6.07, 6.45) is 2.76. The van der Waals surface area contributed by atoms with Crippen LogP contribution in [0.1, 0.15) is 25.3 Å². The normalized spacial score (nSPS) is 7.12. The van der Waals surface area contributed by atoms with Gasteiger partial charge in [0.15, 0.2) is 0 Å². The van der Waals surface area contributed by atoms with Crippen molar-refractivity contribution in [3.63, 3.8) is 0 Å². The molecule has 0 heterocycles. The van der Waals surface area contributed by atoms with Gasteiger partial charge in [0.05, 0.1) is 0 Å². The molecule has 0 aliphatic carbocycles. The maximum Gasteiger partial charge on any atom is 3.00 e. The van der Waals surface area contributed by atoms with Gasteiger partial charge >= 0.3 is 37.7 Å². The van der Waals surface area contributed by atoms with Crippen molar-refractivity contribution in [1.82, 2.24) is 0 Å². The van der Waals surface area contributed by atoms with Gasteiger partial charge in [-0.15, -0.1) is 4.55 Å². The number of rotatable bonds is 4. The van der Waals surface area contributed by atoms with Crippen LogP contribution in [0, 0.1) is 6.92 Å². The number of benzene rings is 1. The number of halogens is 3. The molecule has 0 aliphatic rings. The number of aryl methyl sites for hydroxylation is 1. The molecule has 0 radical (unpaired) electrons. The zero-order chi connectivity index (χ0) is 8.81. The van der Waals surface area contributed by atoms with Gasteiger partial charge in [-0.05, 0) is 6.92 Å². The molecule has 16 heavy (non-hydrogen) atoms. The Morgan fingerprint density at radius 3 is 1.94 bits per heavy atom. The molecule has 1 rings (SSSR count). The summed E-state index contributed by atoms with van der Waals surface area (Å²) in [5.41, 5.74) is 1.38. The molecule has 0 fully saturated rings. The van der Waals surface area contributed by atoms with Gasteiger partial charge in [-0.25, -0.2) is 0 Å². The van der Waals surface area contributed by atoms with E-state index >= 15 is 0 Å². The second kappa shape index (κ2) is 16.4. The molecule has 1 aromatic rings. The largest absolute Gasteiger partial charge is 3.00 e. The topological polar surface area (TPSA) is 0 Å². The SMILES string of the molecule is CCC[CH2][Mg][c]1ccc(C)cc1.[Al+3].[Cl-].[Cl-].[Cl-]. The van der Waals surface area contributed by atoms with Gasteiger partial charge in [-0.2, -0.15) is 3.69 Å². The molecular formula is C11H16AlCl3Mg. The first kappa shape index (κ1) is 26.1. The molecule has 0 nitrogen and oxygen atoms in total. The van der Waals surface area contributed by atoms with Crippen LogP contribution in [0.25, 0.3) is 0 Å². The van der Waals surface area contributed by atoms with Gasteiger partial charge in [-0.1, -0.05) is 49.6 Å². The fraction of sp³-hybridized carbons (Fsp3) is 0.455. The van der Waals surface area contributed by atoms with Gasteiger partial charge in [0.2, 0.25) is 0 Å². The minimum absolute atomic E-state index is 0. The van der Waals surface area contributed by atoms with Crippen molar-refractivity contribution in [3.8, 4) is 0 Å².